The predicted molar refractivity (Wildman–Crippen MR) is 123 cm³/mol. The van der Waals surface area contributed by atoms with E-state index in [1.807, 2.05) is 0 Å². The number of phenols is 1. The van der Waals surface area contributed by atoms with E-state index in [0.29, 0.717) is 31.7 Å². The fraction of sp³-hybridized carbons (Fsp3) is 0.381. The molecule has 0 atom stereocenters. The van der Waals surface area contributed by atoms with E-state index >= 15 is 0 Å². The molecule has 2 aromatic carbocycles. The molecule has 2 saturated heterocycles. The monoisotopic (exact) mass is 495 g/mol. The van der Waals surface area contributed by atoms with Crippen LogP contribution in [0.5, 0.6) is 11.5 Å². The van der Waals surface area contributed by atoms with E-state index in [1.165, 1.54) is 52.1 Å². The molecule has 0 saturated carbocycles. The highest BCUT2D eigenvalue weighted by molar-refractivity contribution is 7.93. The number of hydrogen-bond donors (Lipinski definition) is 2. The lowest BCUT2D eigenvalue weighted by molar-refractivity contribution is 0.102. The fourth-order valence-corrected chi connectivity index (χ4v) is 7.25. The summed E-state index contributed by atoms with van der Waals surface area (Å²) in [5, 5.41) is 12.8. The average Bonchev–Trinajstić information content (AvgIpc) is 3.45. The normalized spacial score (nSPS) is 18.4. The molecule has 33 heavy (non-hydrogen) atoms. The van der Waals surface area contributed by atoms with Crippen molar-refractivity contribution in [2.45, 2.75) is 24.2 Å². The zero-order chi connectivity index (χ0) is 23.8. The second-order valence-electron chi connectivity index (χ2n) is 7.87. The number of carbonyl (C=O) groups is 1. The van der Waals surface area contributed by atoms with Crippen molar-refractivity contribution in [2.75, 3.05) is 42.1 Å². The smallest absolute Gasteiger partial charge is 0.255 e. The van der Waals surface area contributed by atoms with Crippen LogP contribution in [0, 0.1) is 0 Å². The molecule has 2 fully saturated rings. The number of benzene rings is 2. The number of anilines is 2. The summed E-state index contributed by atoms with van der Waals surface area (Å²) < 4.78 is 58.4. The molecule has 178 valence electrons. The number of carbonyl (C=O) groups excluding carboxylic acids is 1. The van der Waals surface area contributed by atoms with Gasteiger partial charge in [0.2, 0.25) is 20.0 Å². The molecule has 0 aromatic heterocycles. The van der Waals surface area contributed by atoms with Gasteiger partial charge in [0, 0.05) is 25.2 Å². The van der Waals surface area contributed by atoms with Gasteiger partial charge in [-0.3, -0.25) is 9.10 Å². The van der Waals surface area contributed by atoms with Crippen LogP contribution in [-0.4, -0.2) is 64.7 Å². The predicted octanol–water partition coefficient (Wildman–Crippen LogP) is 1.98. The Morgan fingerprint density at radius 3 is 2.42 bits per heavy atom. The average molecular weight is 496 g/mol. The van der Waals surface area contributed by atoms with Crippen LogP contribution in [0.15, 0.2) is 41.3 Å². The summed E-state index contributed by atoms with van der Waals surface area (Å²) in [5.74, 6) is -0.743. The zero-order valence-corrected chi connectivity index (χ0v) is 19.7. The maximum absolute atomic E-state index is 13.1. The van der Waals surface area contributed by atoms with Crippen molar-refractivity contribution >= 4 is 37.3 Å². The first-order chi connectivity index (χ1) is 15.6. The maximum atomic E-state index is 13.1. The van der Waals surface area contributed by atoms with Crippen molar-refractivity contribution in [3.63, 3.8) is 0 Å². The Labute approximate surface area is 192 Å². The van der Waals surface area contributed by atoms with Crippen LogP contribution >= 0.6 is 0 Å². The van der Waals surface area contributed by atoms with Gasteiger partial charge >= 0.3 is 0 Å². The van der Waals surface area contributed by atoms with Crippen molar-refractivity contribution in [1.29, 1.82) is 0 Å². The highest BCUT2D eigenvalue weighted by Gasteiger charge is 2.31. The molecule has 10 nitrogen and oxygen atoms in total. The standard InChI is InChI=1S/C21H25N3O7S2/c1-31-19-8-5-15(13-20(19)33(29,30)23-9-2-3-10-23)21(26)22-17-14-16(6-7-18(17)25)24-11-4-12-32(24,27)28/h5-8,13-14,25H,2-4,9-12H2,1H3,(H,22,26). The van der Waals surface area contributed by atoms with E-state index in [0.717, 1.165) is 12.8 Å². The summed E-state index contributed by atoms with van der Waals surface area (Å²) in [7, 11) is -5.92. The number of ether oxygens (including phenoxy) is 1. The van der Waals surface area contributed by atoms with Gasteiger partial charge in [-0.25, -0.2) is 16.8 Å². The second-order valence-corrected chi connectivity index (χ2v) is 11.8. The van der Waals surface area contributed by atoms with Crippen molar-refractivity contribution in [3.05, 3.63) is 42.0 Å². The summed E-state index contributed by atoms with van der Waals surface area (Å²) in [6.07, 6.45) is 2.03. The minimum absolute atomic E-state index is 0.0133. The van der Waals surface area contributed by atoms with Gasteiger partial charge in [0.1, 0.15) is 16.4 Å². The molecule has 4 rings (SSSR count). The molecule has 0 bridgehead atoms. The topological polar surface area (TPSA) is 133 Å². The van der Waals surface area contributed by atoms with E-state index < -0.39 is 26.0 Å². The first kappa shape index (κ1) is 23.3. The van der Waals surface area contributed by atoms with Gasteiger partial charge in [0.05, 0.1) is 24.2 Å². The molecule has 0 spiro atoms. The van der Waals surface area contributed by atoms with Crippen LogP contribution in [0.1, 0.15) is 29.6 Å². The molecule has 2 aliphatic rings. The molecule has 0 aliphatic carbocycles. The molecule has 12 heteroatoms. The number of amides is 1. The van der Waals surface area contributed by atoms with Crippen LogP contribution in [0.2, 0.25) is 0 Å². The third kappa shape index (κ3) is 4.50. The molecule has 0 unspecified atom stereocenters. The second kappa shape index (κ2) is 8.84. The minimum atomic E-state index is -3.84. The Balaban J connectivity index is 1.64. The van der Waals surface area contributed by atoms with Crippen LogP contribution in [0.3, 0.4) is 0 Å². The lowest BCUT2D eigenvalue weighted by Gasteiger charge is -2.19. The highest BCUT2D eigenvalue weighted by Crippen LogP contribution is 2.33. The minimum Gasteiger partial charge on any atom is -0.506 e. The van der Waals surface area contributed by atoms with Crippen LogP contribution in [-0.2, 0) is 20.0 Å². The molecule has 2 heterocycles. The lowest BCUT2D eigenvalue weighted by Crippen LogP contribution is -2.28. The van der Waals surface area contributed by atoms with Gasteiger partial charge in [0.25, 0.3) is 5.91 Å². The van der Waals surface area contributed by atoms with Crippen LogP contribution in [0.4, 0.5) is 11.4 Å². The molecular weight excluding hydrogens is 470 g/mol. The van der Waals surface area contributed by atoms with Gasteiger partial charge in [-0.05, 0) is 55.7 Å². The lowest BCUT2D eigenvalue weighted by atomic mass is 10.2. The molecule has 1 amide bonds. The first-order valence-electron chi connectivity index (χ1n) is 10.5. The van der Waals surface area contributed by atoms with Crippen molar-refractivity contribution in [3.8, 4) is 11.5 Å². The third-order valence-electron chi connectivity index (χ3n) is 5.72. The summed E-state index contributed by atoms with van der Waals surface area (Å²) in [4.78, 5) is 12.8. The van der Waals surface area contributed by atoms with E-state index in [1.54, 1.807) is 0 Å². The van der Waals surface area contributed by atoms with Crippen LogP contribution in [0.25, 0.3) is 0 Å². The zero-order valence-electron chi connectivity index (χ0n) is 18.0. The van der Waals surface area contributed by atoms with Gasteiger partial charge < -0.3 is 15.2 Å². The molecule has 2 N–H and O–H groups in total. The molecule has 2 aromatic rings. The molecule has 2 aliphatic heterocycles. The number of sulfonamides is 2. The van der Waals surface area contributed by atoms with Gasteiger partial charge in [-0.15, -0.1) is 0 Å². The van der Waals surface area contributed by atoms with Crippen molar-refractivity contribution in [2.24, 2.45) is 0 Å². The van der Waals surface area contributed by atoms with E-state index in [2.05, 4.69) is 5.32 Å². The summed E-state index contributed by atoms with van der Waals surface area (Å²) >= 11 is 0. The maximum Gasteiger partial charge on any atom is 0.255 e. The SMILES string of the molecule is COc1ccc(C(=O)Nc2cc(N3CCCS3(=O)=O)ccc2O)cc1S(=O)(=O)N1CCCC1. The molecular formula is C21H25N3O7S2. The van der Waals surface area contributed by atoms with E-state index in [9.17, 15) is 26.7 Å². The van der Waals surface area contributed by atoms with Crippen LogP contribution < -0.4 is 14.4 Å². The van der Waals surface area contributed by atoms with Gasteiger partial charge in [-0.2, -0.15) is 4.31 Å². The third-order valence-corrected chi connectivity index (χ3v) is 9.51. The number of hydrogen-bond acceptors (Lipinski definition) is 7. The summed E-state index contributed by atoms with van der Waals surface area (Å²) in [5.41, 5.74) is 0.388. The number of aromatic hydroxyl groups is 1. The Kier molecular flexibility index (Phi) is 6.25. The molecule has 0 radical (unpaired) electrons. The number of methoxy groups -OCH3 is 1. The summed E-state index contributed by atoms with van der Waals surface area (Å²) in [6.45, 7) is 1.13. The number of phenolic OH excluding ortho intramolecular Hbond substituents is 1. The van der Waals surface area contributed by atoms with E-state index in [4.69, 9.17) is 4.74 Å². The number of nitrogens with one attached hydrogen (secondary N) is 1. The Hall–Kier alpha value is -2.83. The first-order valence-corrected chi connectivity index (χ1v) is 13.5. The largest absolute Gasteiger partial charge is 0.506 e. The number of rotatable bonds is 6. The Morgan fingerprint density at radius 2 is 1.79 bits per heavy atom. The fourth-order valence-electron chi connectivity index (χ4n) is 3.99. The van der Waals surface area contributed by atoms with E-state index in [-0.39, 0.29) is 33.4 Å². The van der Waals surface area contributed by atoms with Gasteiger partial charge in [-0.1, -0.05) is 0 Å². The number of nitrogens with zero attached hydrogens (tertiary/aromatic N) is 2. The van der Waals surface area contributed by atoms with Gasteiger partial charge in [0.15, 0.2) is 0 Å². The Morgan fingerprint density at radius 1 is 1.06 bits per heavy atom. The van der Waals surface area contributed by atoms with Crippen molar-refractivity contribution in [1.82, 2.24) is 4.31 Å². The Bertz CT molecular complexity index is 1290. The quantitative estimate of drug-likeness (QED) is 0.586. The van der Waals surface area contributed by atoms with Crippen molar-refractivity contribution < 1.29 is 31.5 Å². The summed E-state index contributed by atoms with van der Waals surface area (Å²) in [6, 6.07) is 8.21. The highest BCUT2D eigenvalue weighted by atomic mass is 32.2.